The van der Waals surface area contributed by atoms with E-state index < -0.39 is 0 Å². The molecule has 6 nitrogen and oxygen atoms in total. The van der Waals surface area contributed by atoms with Gasteiger partial charge in [0.25, 0.3) is 5.91 Å². The zero-order valence-corrected chi connectivity index (χ0v) is 14.5. The highest BCUT2D eigenvalue weighted by Crippen LogP contribution is 2.36. The summed E-state index contributed by atoms with van der Waals surface area (Å²) in [5.41, 5.74) is 0.680. The molecule has 0 aliphatic carbocycles. The van der Waals surface area contributed by atoms with Crippen LogP contribution in [0.15, 0.2) is 24.5 Å². The molecule has 4 heterocycles. The van der Waals surface area contributed by atoms with Gasteiger partial charge in [0.15, 0.2) is 0 Å². The number of amides is 2. The highest BCUT2D eigenvalue weighted by atomic mass is 16.5. The van der Waals surface area contributed by atoms with Gasteiger partial charge in [-0.25, -0.2) is 0 Å². The summed E-state index contributed by atoms with van der Waals surface area (Å²) < 4.78 is 5.77. The fraction of sp³-hybridized carbons (Fsp3) is 0.632. The van der Waals surface area contributed by atoms with E-state index in [1.165, 1.54) is 0 Å². The molecule has 6 heteroatoms. The van der Waals surface area contributed by atoms with Crippen LogP contribution >= 0.6 is 0 Å². The maximum Gasteiger partial charge on any atom is 0.253 e. The van der Waals surface area contributed by atoms with Crippen LogP contribution in [-0.4, -0.2) is 66.0 Å². The van der Waals surface area contributed by atoms with Gasteiger partial charge in [-0.05, 0) is 36.8 Å². The van der Waals surface area contributed by atoms with E-state index in [2.05, 4.69) is 4.98 Å². The van der Waals surface area contributed by atoms with E-state index in [4.69, 9.17) is 4.74 Å². The minimum absolute atomic E-state index is 0.0569. The van der Waals surface area contributed by atoms with Gasteiger partial charge in [0, 0.05) is 56.5 Å². The molecular weight excluding hydrogens is 318 g/mol. The third kappa shape index (κ3) is 3.40. The van der Waals surface area contributed by atoms with Gasteiger partial charge in [-0.3, -0.25) is 14.6 Å². The quantitative estimate of drug-likeness (QED) is 0.833. The van der Waals surface area contributed by atoms with Gasteiger partial charge < -0.3 is 14.5 Å². The number of rotatable bonds is 3. The SMILES string of the molecule is O=C(C[C@@H]1COC[C@H]2CN(C(=O)c3ccncc3)C[C@@H]12)N1CCCC1. The van der Waals surface area contributed by atoms with Crippen LogP contribution in [0.5, 0.6) is 0 Å². The molecule has 3 atom stereocenters. The smallest absolute Gasteiger partial charge is 0.253 e. The van der Waals surface area contributed by atoms with E-state index in [1.54, 1.807) is 24.5 Å². The molecule has 3 saturated heterocycles. The van der Waals surface area contributed by atoms with Crippen LogP contribution in [0.3, 0.4) is 0 Å². The van der Waals surface area contributed by atoms with Crippen LogP contribution in [0, 0.1) is 17.8 Å². The van der Waals surface area contributed by atoms with E-state index in [1.807, 2.05) is 9.80 Å². The summed E-state index contributed by atoms with van der Waals surface area (Å²) in [6.07, 6.45) is 6.09. The summed E-state index contributed by atoms with van der Waals surface area (Å²) in [7, 11) is 0. The Morgan fingerprint density at radius 1 is 1.08 bits per heavy atom. The van der Waals surface area contributed by atoms with Crippen LogP contribution in [0.2, 0.25) is 0 Å². The molecule has 3 aliphatic rings. The average Bonchev–Trinajstić information content (AvgIpc) is 3.32. The van der Waals surface area contributed by atoms with Crippen molar-refractivity contribution in [3.63, 3.8) is 0 Å². The molecular formula is C19H25N3O3. The molecule has 134 valence electrons. The van der Waals surface area contributed by atoms with Crippen molar-refractivity contribution < 1.29 is 14.3 Å². The van der Waals surface area contributed by atoms with Crippen molar-refractivity contribution in [3.8, 4) is 0 Å². The first-order valence-electron chi connectivity index (χ1n) is 9.27. The minimum Gasteiger partial charge on any atom is -0.381 e. The molecule has 0 bridgehead atoms. The molecule has 25 heavy (non-hydrogen) atoms. The van der Waals surface area contributed by atoms with E-state index in [9.17, 15) is 9.59 Å². The number of fused-ring (bicyclic) bond motifs is 1. The van der Waals surface area contributed by atoms with Gasteiger partial charge in [0.1, 0.15) is 0 Å². The van der Waals surface area contributed by atoms with Crippen LogP contribution in [0.1, 0.15) is 29.6 Å². The first-order valence-corrected chi connectivity index (χ1v) is 9.27. The minimum atomic E-state index is 0.0569. The number of aromatic nitrogens is 1. The zero-order valence-electron chi connectivity index (χ0n) is 14.5. The molecule has 0 radical (unpaired) electrons. The Labute approximate surface area is 148 Å². The van der Waals surface area contributed by atoms with Gasteiger partial charge in [-0.1, -0.05) is 0 Å². The van der Waals surface area contributed by atoms with E-state index >= 15 is 0 Å². The van der Waals surface area contributed by atoms with Crippen LogP contribution in [0.4, 0.5) is 0 Å². The molecule has 1 aromatic heterocycles. The number of ether oxygens (including phenoxy) is 1. The standard InChI is InChI=1S/C19H25N3O3/c23-18(21-7-1-2-8-21)9-15-12-25-13-16-10-22(11-17(15)16)19(24)14-3-5-20-6-4-14/h3-6,15-17H,1-2,7-13H2/t15-,16-,17+/m1/s1. The van der Waals surface area contributed by atoms with E-state index in [0.717, 1.165) is 39.0 Å². The van der Waals surface area contributed by atoms with Gasteiger partial charge in [-0.15, -0.1) is 0 Å². The Bertz CT molecular complexity index is 630. The summed E-state index contributed by atoms with van der Waals surface area (Å²) in [4.78, 5) is 33.1. The maximum absolute atomic E-state index is 12.7. The first-order chi connectivity index (χ1) is 12.2. The summed E-state index contributed by atoms with van der Waals surface area (Å²) in [6, 6.07) is 3.52. The molecule has 0 N–H and O–H groups in total. The second-order valence-electron chi connectivity index (χ2n) is 7.46. The Hall–Kier alpha value is -1.95. The number of carbonyl (C=O) groups is 2. The predicted molar refractivity (Wildman–Crippen MR) is 91.9 cm³/mol. The van der Waals surface area contributed by atoms with Crippen LogP contribution in [0.25, 0.3) is 0 Å². The third-order valence-corrected chi connectivity index (χ3v) is 5.87. The summed E-state index contributed by atoms with van der Waals surface area (Å²) in [5.74, 6) is 1.25. The summed E-state index contributed by atoms with van der Waals surface area (Å²) in [5, 5.41) is 0. The molecule has 0 saturated carbocycles. The monoisotopic (exact) mass is 343 g/mol. The molecule has 0 spiro atoms. The fourth-order valence-electron chi connectivity index (χ4n) is 4.47. The third-order valence-electron chi connectivity index (χ3n) is 5.87. The molecule has 1 aromatic rings. The van der Waals surface area contributed by atoms with Gasteiger partial charge in [0.05, 0.1) is 13.2 Å². The van der Waals surface area contributed by atoms with Crippen molar-refractivity contribution in [2.24, 2.45) is 17.8 Å². The lowest BCUT2D eigenvalue weighted by molar-refractivity contribution is -0.133. The average molecular weight is 343 g/mol. The number of likely N-dealkylation sites (tertiary alicyclic amines) is 2. The number of pyridine rings is 1. The normalized spacial score (nSPS) is 28.9. The lowest BCUT2D eigenvalue weighted by Gasteiger charge is -2.33. The molecule has 0 aromatic carbocycles. The first kappa shape index (κ1) is 16.5. The van der Waals surface area contributed by atoms with Crippen molar-refractivity contribution >= 4 is 11.8 Å². The Morgan fingerprint density at radius 2 is 1.84 bits per heavy atom. The van der Waals surface area contributed by atoms with Crippen molar-refractivity contribution in [2.45, 2.75) is 19.3 Å². The molecule has 2 amide bonds. The van der Waals surface area contributed by atoms with E-state index in [-0.39, 0.29) is 17.7 Å². The second kappa shape index (κ2) is 7.12. The molecule has 3 aliphatic heterocycles. The van der Waals surface area contributed by atoms with Crippen molar-refractivity contribution in [1.29, 1.82) is 0 Å². The van der Waals surface area contributed by atoms with Crippen molar-refractivity contribution in [1.82, 2.24) is 14.8 Å². The van der Waals surface area contributed by atoms with Crippen LogP contribution in [-0.2, 0) is 9.53 Å². The largest absolute Gasteiger partial charge is 0.381 e. The van der Waals surface area contributed by atoms with E-state index in [0.29, 0.717) is 37.0 Å². The topological polar surface area (TPSA) is 62.7 Å². The number of nitrogens with zero attached hydrogens (tertiary/aromatic N) is 3. The van der Waals surface area contributed by atoms with Gasteiger partial charge in [-0.2, -0.15) is 0 Å². The predicted octanol–water partition coefficient (Wildman–Crippen LogP) is 1.43. The molecule has 4 rings (SSSR count). The zero-order chi connectivity index (χ0) is 17.2. The van der Waals surface area contributed by atoms with Gasteiger partial charge in [0.2, 0.25) is 5.91 Å². The lowest BCUT2D eigenvalue weighted by Crippen LogP contribution is -2.39. The summed E-state index contributed by atoms with van der Waals surface area (Å²) >= 11 is 0. The molecule has 3 fully saturated rings. The summed E-state index contributed by atoms with van der Waals surface area (Å²) in [6.45, 7) is 4.57. The maximum atomic E-state index is 12.7. The van der Waals surface area contributed by atoms with Gasteiger partial charge >= 0.3 is 0 Å². The number of hydrogen-bond acceptors (Lipinski definition) is 4. The Kier molecular flexibility index (Phi) is 4.70. The number of carbonyl (C=O) groups excluding carboxylic acids is 2. The second-order valence-corrected chi connectivity index (χ2v) is 7.46. The highest BCUT2D eigenvalue weighted by molar-refractivity contribution is 5.94. The van der Waals surface area contributed by atoms with Crippen molar-refractivity contribution in [2.75, 3.05) is 39.4 Å². The number of hydrogen-bond donors (Lipinski definition) is 0. The lowest BCUT2D eigenvalue weighted by atomic mass is 9.81. The molecule has 0 unspecified atom stereocenters. The highest BCUT2D eigenvalue weighted by Gasteiger charge is 2.43. The fourth-order valence-corrected chi connectivity index (χ4v) is 4.47. The van der Waals surface area contributed by atoms with Crippen LogP contribution < -0.4 is 0 Å². The Morgan fingerprint density at radius 3 is 2.60 bits per heavy atom. The Balaban J connectivity index is 1.41. The van der Waals surface area contributed by atoms with Crippen molar-refractivity contribution in [3.05, 3.63) is 30.1 Å².